The molecule has 0 aliphatic heterocycles. The first-order valence-electron chi connectivity index (χ1n) is 6.10. The van der Waals surface area contributed by atoms with Gasteiger partial charge in [0.1, 0.15) is 6.29 Å². The monoisotopic (exact) mass is 216 g/mol. The molecule has 1 atom stereocenters. The minimum atomic E-state index is 0.132. The number of aldehydes is 1. The first kappa shape index (κ1) is 11.4. The van der Waals surface area contributed by atoms with Crippen LogP contribution in [0.5, 0.6) is 0 Å². The second-order valence-corrected chi connectivity index (χ2v) is 5.69. The number of rotatable bonds is 3. The van der Waals surface area contributed by atoms with E-state index < -0.39 is 0 Å². The van der Waals surface area contributed by atoms with Gasteiger partial charge >= 0.3 is 0 Å². The van der Waals surface area contributed by atoms with Crippen LogP contribution in [0.1, 0.15) is 43.9 Å². The summed E-state index contributed by atoms with van der Waals surface area (Å²) >= 11 is 0. The van der Waals surface area contributed by atoms with Gasteiger partial charge in [-0.1, -0.05) is 39.0 Å². The standard InChI is InChI=1S/C15H20O/c1-11(10-16)8-12-4-5-14-13(9-12)6-7-15(14,2)3/h4-5,9-11H,6-8H2,1-3H3. The summed E-state index contributed by atoms with van der Waals surface area (Å²) in [5.74, 6) is 0.132. The highest BCUT2D eigenvalue weighted by molar-refractivity contribution is 5.54. The van der Waals surface area contributed by atoms with Crippen LogP contribution in [0.3, 0.4) is 0 Å². The quantitative estimate of drug-likeness (QED) is 0.709. The fraction of sp³-hybridized carbons (Fsp3) is 0.533. The van der Waals surface area contributed by atoms with Crippen molar-refractivity contribution in [3.8, 4) is 0 Å². The Morgan fingerprint density at radius 1 is 1.44 bits per heavy atom. The van der Waals surface area contributed by atoms with Gasteiger partial charge in [0.2, 0.25) is 0 Å². The highest BCUT2D eigenvalue weighted by Crippen LogP contribution is 2.38. The predicted octanol–water partition coefficient (Wildman–Crippen LogP) is 3.29. The smallest absolute Gasteiger partial charge is 0.123 e. The molecule has 0 spiro atoms. The molecule has 0 fully saturated rings. The molecule has 0 saturated carbocycles. The van der Waals surface area contributed by atoms with Crippen LogP contribution in [-0.2, 0) is 23.1 Å². The summed E-state index contributed by atoms with van der Waals surface area (Å²) in [6.45, 7) is 6.60. The van der Waals surface area contributed by atoms with Crippen molar-refractivity contribution in [3.63, 3.8) is 0 Å². The first-order valence-corrected chi connectivity index (χ1v) is 6.10. The van der Waals surface area contributed by atoms with Gasteiger partial charge in [-0.3, -0.25) is 0 Å². The largest absolute Gasteiger partial charge is 0.303 e. The first-order chi connectivity index (χ1) is 7.53. The highest BCUT2D eigenvalue weighted by atomic mass is 16.1. The molecule has 1 heteroatoms. The maximum absolute atomic E-state index is 10.6. The molecule has 1 nitrogen and oxygen atoms in total. The molecule has 1 unspecified atom stereocenters. The molecule has 86 valence electrons. The fourth-order valence-electron chi connectivity index (χ4n) is 2.64. The van der Waals surface area contributed by atoms with Crippen LogP contribution in [0, 0.1) is 5.92 Å². The second-order valence-electron chi connectivity index (χ2n) is 5.69. The molecule has 1 aromatic rings. The van der Waals surface area contributed by atoms with Crippen molar-refractivity contribution in [2.75, 3.05) is 0 Å². The van der Waals surface area contributed by atoms with Crippen molar-refractivity contribution in [1.82, 2.24) is 0 Å². The minimum Gasteiger partial charge on any atom is -0.303 e. The number of aryl methyl sites for hydroxylation is 1. The summed E-state index contributed by atoms with van der Waals surface area (Å²) in [6.07, 6.45) is 4.34. The Hall–Kier alpha value is -1.11. The Labute approximate surface area is 97.9 Å². The third-order valence-electron chi connectivity index (χ3n) is 3.71. The number of fused-ring (bicyclic) bond motifs is 1. The van der Waals surface area contributed by atoms with Gasteiger partial charge in [-0.25, -0.2) is 0 Å². The molecule has 0 amide bonds. The molecule has 0 bridgehead atoms. The van der Waals surface area contributed by atoms with Crippen molar-refractivity contribution in [3.05, 3.63) is 34.9 Å². The zero-order chi connectivity index (χ0) is 11.8. The van der Waals surface area contributed by atoms with E-state index in [9.17, 15) is 4.79 Å². The van der Waals surface area contributed by atoms with Crippen LogP contribution >= 0.6 is 0 Å². The maximum atomic E-state index is 10.6. The van der Waals surface area contributed by atoms with Crippen molar-refractivity contribution in [2.45, 2.75) is 45.4 Å². The summed E-state index contributed by atoms with van der Waals surface area (Å²) in [7, 11) is 0. The van der Waals surface area contributed by atoms with E-state index in [1.54, 1.807) is 0 Å². The van der Waals surface area contributed by atoms with Gasteiger partial charge in [0.25, 0.3) is 0 Å². The van der Waals surface area contributed by atoms with Gasteiger partial charge in [-0.15, -0.1) is 0 Å². The van der Waals surface area contributed by atoms with Crippen LogP contribution in [0.4, 0.5) is 0 Å². The van der Waals surface area contributed by atoms with Crippen molar-refractivity contribution in [2.24, 2.45) is 5.92 Å². The fourth-order valence-corrected chi connectivity index (χ4v) is 2.64. The van der Waals surface area contributed by atoms with E-state index in [4.69, 9.17) is 0 Å². The molecule has 1 aliphatic carbocycles. The lowest BCUT2D eigenvalue weighted by Gasteiger charge is -2.19. The molecule has 16 heavy (non-hydrogen) atoms. The van der Waals surface area contributed by atoms with Crippen LogP contribution in [0.2, 0.25) is 0 Å². The lowest BCUT2D eigenvalue weighted by Crippen LogP contribution is -2.11. The topological polar surface area (TPSA) is 17.1 Å². The number of hydrogen-bond donors (Lipinski definition) is 0. The predicted molar refractivity (Wildman–Crippen MR) is 66.7 cm³/mol. The lowest BCUT2D eigenvalue weighted by molar-refractivity contribution is -0.110. The van der Waals surface area contributed by atoms with Gasteiger partial charge < -0.3 is 4.79 Å². The minimum absolute atomic E-state index is 0.132. The third-order valence-corrected chi connectivity index (χ3v) is 3.71. The maximum Gasteiger partial charge on any atom is 0.123 e. The van der Waals surface area contributed by atoms with E-state index >= 15 is 0 Å². The Bertz CT molecular complexity index is 404. The van der Waals surface area contributed by atoms with Crippen LogP contribution in [0.25, 0.3) is 0 Å². The molecule has 0 heterocycles. The number of carbonyl (C=O) groups is 1. The van der Waals surface area contributed by atoms with Crippen molar-refractivity contribution >= 4 is 6.29 Å². The summed E-state index contributed by atoms with van der Waals surface area (Å²) in [6, 6.07) is 6.74. The summed E-state index contributed by atoms with van der Waals surface area (Å²) < 4.78 is 0. The molecule has 1 aliphatic rings. The van der Waals surface area contributed by atoms with E-state index in [0.717, 1.165) is 12.7 Å². The van der Waals surface area contributed by atoms with Gasteiger partial charge in [0.15, 0.2) is 0 Å². The summed E-state index contributed by atoms with van der Waals surface area (Å²) in [5.41, 5.74) is 4.62. The zero-order valence-electron chi connectivity index (χ0n) is 10.4. The lowest BCUT2D eigenvalue weighted by atomic mass is 9.86. The molecule has 0 radical (unpaired) electrons. The number of benzene rings is 1. The molecule has 0 N–H and O–H groups in total. The van der Waals surface area contributed by atoms with Crippen LogP contribution < -0.4 is 0 Å². The zero-order valence-corrected chi connectivity index (χ0v) is 10.4. The Morgan fingerprint density at radius 2 is 2.19 bits per heavy atom. The van der Waals surface area contributed by atoms with Gasteiger partial charge in [-0.2, -0.15) is 0 Å². The molecular weight excluding hydrogens is 196 g/mol. The van der Waals surface area contributed by atoms with E-state index in [1.165, 1.54) is 29.5 Å². The number of carbonyl (C=O) groups excluding carboxylic acids is 1. The molecule has 0 aromatic heterocycles. The Kier molecular flexibility index (Phi) is 2.88. The van der Waals surface area contributed by atoms with Gasteiger partial charge in [0.05, 0.1) is 0 Å². The number of hydrogen-bond acceptors (Lipinski definition) is 1. The molecular formula is C15H20O. The third kappa shape index (κ3) is 2.04. The summed E-state index contributed by atoms with van der Waals surface area (Å²) in [4.78, 5) is 10.6. The van der Waals surface area contributed by atoms with E-state index in [-0.39, 0.29) is 5.92 Å². The Balaban J connectivity index is 2.25. The molecule has 1 aromatic carbocycles. The van der Waals surface area contributed by atoms with Crippen LogP contribution in [-0.4, -0.2) is 6.29 Å². The normalized spacial score (nSPS) is 19.2. The highest BCUT2D eigenvalue weighted by Gasteiger charge is 2.29. The average molecular weight is 216 g/mol. The van der Waals surface area contributed by atoms with Crippen molar-refractivity contribution in [1.29, 1.82) is 0 Å². The molecule has 0 saturated heterocycles. The van der Waals surface area contributed by atoms with Crippen molar-refractivity contribution < 1.29 is 4.79 Å². The van der Waals surface area contributed by atoms with Crippen LogP contribution in [0.15, 0.2) is 18.2 Å². The Morgan fingerprint density at radius 3 is 2.88 bits per heavy atom. The SMILES string of the molecule is CC(C=O)Cc1ccc2c(c1)CCC2(C)C. The van der Waals surface area contributed by atoms with E-state index in [1.807, 2.05) is 6.92 Å². The molecule has 2 rings (SSSR count). The van der Waals surface area contributed by atoms with E-state index in [0.29, 0.717) is 5.41 Å². The van der Waals surface area contributed by atoms with Gasteiger partial charge in [-0.05, 0) is 41.4 Å². The van der Waals surface area contributed by atoms with E-state index in [2.05, 4.69) is 32.0 Å². The second kappa shape index (κ2) is 4.04. The average Bonchev–Trinajstić information content (AvgIpc) is 2.54. The van der Waals surface area contributed by atoms with Gasteiger partial charge in [0, 0.05) is 5.92 Å². The summed E-state index contributed by atoms with van der Waals surface area (Å²) in [5, 5.41) is 0.